The third-order valence-corrected chi connectivity index (χ3v) is 7.40. The van der Waals surface area contributed by atoms with Gasteiger partial charge in [-0.1, -0.05) is 44.2 Å². The lowest BCUT2D eigenvalue weighted by Gasteiger charge is -2.21. The average Bonchev–Trinajstić information content (AvgIpc) is 3.29. The van der Waals surface area contributed by atoms with E-state index in [1.54, 1.807) is 16.2 Å². The van der Waals surface area contributed by atoms with E-state index in [0.29, 0.717) is 19.0 Å². The SMILES string of the molecule is CC1(C)CC2C(=O)N(Cc3nc4c(s3)CC(c3ccccc3)CC4)C(=O)N2C1. The first kappa shape index (κ1) is 17.9. The molecule has 2 saturated heterocycles. The Morgan fingerprint density at radius 3 is 2.75 bits per heavy atom. The summed E-state index contributed by atoms with van der Waals surface area (Å²) in [5, 5.41) is 0.890. The van der Waals surface area contributed by atoms with Gasteiger partial charge in [-0.3, -0.25) is 9.69 Å². The topological polar surface area (TPSA) is 53.5 Å². The van der Waals surface area contributed by atoms with Crippen LogP contribution in [0.25, 0.3) is 0 Å². The molecule has 5 rings (SSSR count). The second-order valence-corrected chi connectivity index (χ2v) is 10.2. The summed E-state index contributed by atoms with van der Waals surface area (Å²) in [6.07, 6.45) is 3.83. The quantitative estimate of drug-likeness (QED) is 0.739. The molecule has 2 atom stereocenters. The molecule has 3 heterocycles. The molecule has 0 bridgehead atoms. The van der Waals surface area contributed by atoms with Crippen LogP contribution in [0.2, 0.25) is 0 Å². The lowest BCUT2D eigenvalue weighted by molar-refractivity contribution is -0.128. The Morgan fingerprint density at radius 2 is 2.00 bits per heavy atom. The lowest BCUT2D eigenvalue weighted by Crippen LogP contribution is -2.35. The fourth-order valence-electron chi connectivity index (χ4n) is 4.91. The third-order valence-electron chi connectivity index (χ3n) is 6.30. The molecular formula is C22H25N3O2S. The van der Waals surface area contributed by atoms with E-state index in [-0.39, 0.29) is 23.4 Å². The van der Waals surface area contributed by atoms with Crippen LogP contribution in [0.5, 0.6) is 0 Å². The molecule has 28 heavy (non-hydrogen) atoms. The van der Waals surface area contributed by atoms with Gasteiger partial charge in [-0.05, 0) is 42.6 Å². The summed E-state index contributed by atoms with van der Waals surface area (Å²) >= 11 is 1.68. The Bertz CT molecular complexity index is 911. The number of fused-ring (bicyclic) bond motifs is 2. The molecule has 0 spiro atoms. The summed E-state index contributed by atoms with van der Waals surface area (Å²) in [4.78, 5) is 34.9. The molecule has 5 nitrogen and oxygen atoms in total. The van der Waals surface area contributed by atoms with Crippen molar-refractivity contribution in [2.75, 3.05) is 6.54 Å². The van der Waals surface area contributed by atoms with Crippen molar-refractivity contribution in [2.45, 2.75) is 58.0 Å². The zero-order chi connectivity index (χ0) is 19.5. The van der Waals surface area contributed by atoms with Gasteiger partial charge in [0.05, 0.1) is 12.2 Å². The molecule has 0 N–H and O–H groups in total. The van der Waals surface area contributed by atoms with Gasteiger partial charge in [0.1, 0.15) is 11.0 Å². The number of imide groups is 1. The average molecular weight is 396 g/mol. The van der Waals surface area contributed by atoms with Crippen molar-refractivity contribution in [3.63, 3.8) is 0 Å². The van der Waals surface area contributed by atoms with Crippen LogP contribution in [0.3, 0.4) is 0 Å². The predicted octanol–water partition coefficient (Wildman–Crippen LogP) is 3.98. The van der Waals surface area contributed by atoms with E-state index in [2.05, 4.69) is 44.2 Å². The van der Waals surface area contributed by atoms with Crippen LogP contribution in [0.4, 0.5) is 4.79 Å². The number of hydrogen-bond acceptors (Lipinski definition) is 4. The largest absolute Gasteiger partial charge is 0.327 e. The van der Waals surface area contributed by atoms with Crippen LogP contribution in [0.15, 0.2) is 30.3 Å². The van der Waals surface area contributed by atoms with Gasteiger partial charge in [-0.2, -0.15) is 0 Å². The number of aryl methyl sites for hydroxylation is 1. The summed E-state index contributed by atoms with van der Waals surface area (Å²) in [6.45, 7) is 5.22. The number of urea groups is 1. The van der Waals surface area contributed by atoms with Gasteiger partial charge in [0, 0.05) is 11.4 Å². The molecule has 0 saturated carbocycles. The molecular weight excluding hydrogens is 370 g/mol. The van der Waals surface area contributed by atoms with Gasteiger partial charge in [0.15, 0.2) is 0 Å². The van der Waals surface area contributed by atoms with Crippen LogP contribution in [0, 0.1) is 5.41 Å². The number of carbonyl (C=O) groups is 2. The van der Waals surface area contributed by atoms with Crippen LogP contribution < -0.4 is 0 Å². The minimum atomic E-state index is -0.278. The highest BCUT2D eigenvalue weighted by Crippen LogP contribution is 2.40. The van der Waals surface area contributed by atoms with Crippen molar-refractivity contribution < 1.29 is 9.59 Å². The zero-order valence-electron chi connectivity index (χ0n) is 16.4. The Kier molecular flexibility index (Phi) is 4.09. The van der Waals surface area contributed by atoms with Crippen LogP contribution >= 0.6 is 11.3 Å². The number of thiazole rings is 1. The molecule has 2 aromatic rings. The van der Waals surface area contributed by atoms with Crippen molar-refractivity contribution in [1.29, 1.82) is 0 Å². The summed E-state index contributed by atoms with van der Waals surface area (Å²) in [5.41, 5.74) is 2.57. The molecule has 1 aromatic carbocycles. The molecule has 2 aliphatic heterocycles. The Labute approximate surface area is 169 Å². The Hall–Kier alpha value is -2.21. The van der Waals surface area contributed by atoms with Crippen molar-refractivity contribution >= 4 is 23.3 Å². The van der Waals surface area contributed by atoms with E-state index < -0.39 is 0 Å². The van der Waals surface area contributed by atoms with E-state index in [4.69, 9.17) is 4.98 Å². The van der Waals surface area contributed by atoms with E-state index >= 15 is 0 Å². The van der Waals surface area contributed by atoms with Gasteiger partial charge < -0.3 is 4.90 Å². The van der Waals surface area contributed by atoms with E-state index in [1.807, 2.05) is 0 Å². The smallest absolute Gasteiger partial charge is 0.312 e. The second kappa shape index (κ2) is 6.41. The maximum absolute atomic E-state index is 12.8. The molecule has 1 aliphatic carbocycles. The number of benzene rings is 1. The van der Waals surface area contributed by atoms with Crippen LogP contribution in [-0.2, 0) is 24.2 Å². The van der Waals surface area contributed by atoms with Gasteiger partial charge in [-0.25, -0.2) is 9.78 Å². The molecule has 146 valence electrons. The van der Waals surface area contributed by atoms with E-state index in [0.717, 1.165) is 36.4 Å². The minimum absolute atomic E-state index is 0.0226. The van der Waals surface area contributed by atoms with Gasteiger partial charge in [0.25, 0.3) is 5.91 Å². The van der Waals surface area contributed by atoms with E-state index in [1.165, 1.54) is 15.3 Å². The molecule has 3 aliphatic rings. The van der Waals surface area contributed by atoms with Gasteiger partial charge in [-0.15, -0.1) is 11.3 Å². The molecule has 2 fully saturated rings. The predicted molar refractivity (Wildman–Crippen MR) is 108 cm³/mol. The fraction of sp³-hybridized carbons (Fsp3) is 0.500. The number of hydrogen-bond donors (Lipinski definition) is 0. The molecule has 2 unspecified atom stereocenters. The van der Waals surface area contributed by atoms with Gasteiger partial charge in [0.2, 0.25) is 0 Å². The summed E-state index contributed by atoms with van der Waals surface area (Å²) in [7, 11) is 0. The first-order chi connectivity index (χ1) is 13.4. The monoisotopic (exact) mass is 395 g/mol. The van der Waals surface area contributed by atoms with Crippen LogP contribution in [0.1, 0.15) is 53.7 Å². The van der Waals surface area contributed by atoms with Crippen molar-refractivity contribution in [1.82, 2.24) is 14.8 Å². The van der Waals surface area contributed by atoms with Gasteiger partial charge >= 0.3 is 6.03 Å². The molecule has 3 amide bonds. The highest BCUT2D eigenvalue weighted by molar-refractivity contribution is 7.11. The normalized spacial score (nSPS) is 25.9. The highest BCUT2D eigenvalue weighted by atomic mass is 32.1. The zero-order valence-corrected chi connectivity index (χ0v) is 17.2. The third kappa shape index (κ3) is 2.94. The fourth-order valence-corrected chi connectivity index (χ4v) is 6.09. The minimum Gasteiger partial charge on any atom is -0.312 e. The maximum atomic E-state index is 12.8. The van der Waals surface area contributed by atoms with Crippen LogP contribution in [-0.4, -0.2) is 39.3 Å². The molecule has 1 aromatic heterocycles. The maximum Gasteiger partial charge on any atom is 0.327 e. The number of nitrogens with zero attached hydrogens (tertiary/aromatic N) is 3. The van der Waals surface area contributed by atoms with E-state index in [9.17, 15) is 9.59 Å². The second-order valence-electron chi connectivity index (χ2n) is 9.05. The summed E-state index contributed by atoms with van der Waals surface area (Å²) < 4.78 is 0. The standard InChI is InChI=1S/C22H25N3O2S/c1-22(2)11-17-20(26)24(21(27)25(17)13-22)12-19-23-16-9-8-15(10-18(16)28-19)14-6-4-3-5-7-14/h3-7,15,17H,8-13H2,1-2H3. The number of amides is 3. The Morgan fingerprint density at radius 1 is 1.21 bits per heavy atom. The van der Waals surface area contributed by atoms with Crippen molar-refractivity contribution in [2.24, 2.45) is 5.41 Å². The van der Waals surface area contributed by atoms with Crippen molar-refractivity contribution in [3.8, 4) is 0 Å². The van der Waals surface area contributed by atoms with Crippen molar-refractivity contribution in [3.05, 3.63) is 51.5 Å². The number of aromatic nitrogens is 1. The highest BCUT2D eigenvalue weighted by Gasteiger charge is 2.52. The molecule has 6 heteroatoms. The Balaban J connectivity index is 1.31. The first-order valence-corrected chi connectivity index (χ1v) is 10.9. The summed E-state index contributed by atoms with van der Waals surface area (Å²) in [5.74, 6) is 0.482. The summed E-state index contributed by atoms with van der Waals surface area (Å²) in [6, 6.07) is 10.2. The number of rotatable bonds is 3. The first-order valence-electron chi connectivity index (χ1n) is 10.1. The number of carbonyl (C=O) groups excluding carboxylic acids is 2. The molecule has 0 radical (unpaired) electrons. The lowest BCUT2D eigenvalue weighted by atomic mass is 9.85.